The summed E-state index contributed by atoms with van der Waals surface area (Å²) in [6, 6.07) is 18.6. The van der Waals surface area contributed by atoms with Gasteiger partial charge in [0.2, 0.25) is 0 Å². The quantitative estimate of drug-likeness (QED) is 0.666. The van der Waals surface area contributed by atoms with Crippen LogP contribution in [0.5, 0.6) is 5.88 Å². The molecule has 0 saturated heterocycles. The number of aromatic nitrogens is 2. The van der Waals surface area contributed by atoms with Crippen molar-refractivity contribution in [2.75, 3.05) is 0 Å². The van der Waals surface area contributed by atoms with Gasteiger partial charge in [0.05, 0.1) is 11.4 Å². The fourth-order valence-corrected chi connectivity index (χ4v) is 2.70. The minimum Gasteiger partial charge on any atom is -0.858 e. The zero-order chi connectivity index (χ0) is 16.2. The molecule has 4 nitrogen and oxygen atoms in total. The van der Waals surface area contributed by atoms with Crippen molar-refractivity contribution in [1.29, 1.82) is 0 Å². The van der Waals surface area contributed by atoms with Gasteiger partial charge in [-0.1, -0.05) is 49.7 Å². The molecule has 0 amide bonds. The summed E-state index contributed by atoms with van der Waals surface area (Å²) in [5.41, 5.74) is 1.53. The maximum Gasteiger partial charge on any atom is 2.00 e. The van der Waals surface area contributed by atoms with Gasteiger partial charge in [0, 0.05) is 5.56 Å². The van der Waals surface area contributed by atoms with Gasteiger partial charge in [0.1, 0.15) is 0 Å². The molecular weight excluding hydrogens is 328 g/mol. The van der Waals surface area contributed by atoms with Crippen molar-refractivity contribution in [2.24, 2.45) is 0 Å². The van der Waals surface area contributed by atoms with Crippen LogP contribution >= 0.6 is 0 Å². The standard InChI is InChI=1S/C19H20N2O2.Ca/c1-2-3-14-17-18(22)20(15-10-6-4-7-11-15)21(19(17)23)16-12-8-5-9-13-16;/h4-13,22H,2-3,14H2,1H3;/q;+2/p-1. The van der Waals surface area contributed by atoms with E-state index in [2.05, 4.69) is 0 Å². The maximum atomic E-state index is 12.8. The molecule has 5 heteroatoms. The van der Waals surface area contributed by atoms with E-state index in [0.29, 0.717) is 23.4 Å². The molecule has 0 aliphatic carbocycles. The van der Waals surface area contributed by atoms with Crippen molar-refractivity contribution in [3.05, 3.63) is 76.6 Å². The van der Waals surface area contributed by atoms with E-state index in [1.54, 1.807) is 0 Å². The molecule has 0 atom stereocenters. The van der Waals surface area contributed by atoms with Crippen LogP contribution in [-0.2, 0) is 6.42 Å². The van der Waals surface area contributed by atoms with Gasteiger partial charge in [0.25, 0.3) is 5.56 Å². The van der Waals surface area contributed by atoms with Crippen molar-refractivity contribution < 1.29 is 5.11 Å². The molecule has 0 radical (unpaired) electrons. The van der Waals surface area contributed by atoms with E-state index in [9.17, 15) is 9.90 Å². The van der Waals surface area contributed by atoms with Crippen LogP contribution in [0.3, 0.4) is 0 Å². The molecule has 2 aromatic carbocycles. The molecule has 0 aliphatic heterocycles. The van der Waals surface area contributed by atoms with E-state index in [0.717, 1.165) is 12.8 Å². The maximum absolute atomic E-state index is 12.8. The first-order chi connectivity index (χ1) is 11.2. The summed E-state index contributed by atoms with van der Waals surface area (Å²) in [5, 5.41) is 12.8. The number of hydrogen-bond acceptors (Lipinski definition) is 2. The summed E-state index contributed by atoms with van der Waals surface area (Å²) in [6.07, 6.45) is 2.29. The van der Waals surface area contributed by atoms with E-state index < -0.39 is 0 Å². The molecule has 0 aliphatic rings. The van der Waals surface area contributed by atoms with E-state index in [1.165, 1.54) is 9.36 Å². The Morgan fingerprint density at radius 3 is 1.88 bits per heavy atom. The predicted molar refractivity (Wildman–Crippen MR) is 95.2 cm³/mol. The number of rotatable bonds is 5. The molecule has 0 unspecified atom stereocenters. The predicted octanol–water partition coefficient (Wildman–Crippen LogP) is 2.66. The molecule has 0 N–H and O–H groups in total. The summed E-state index contributed by atoms with van der Waals surface area (Å²) >= 11 is 0. The van der Waals surface area contributed by atoms with Crippen molar-refractivity contribution >= 4 is 37.7 Å². The SMILES string of the molecule is CCCCc1c([O-])n(-c2ccccc2)n(-c2ccccc2)c1=O.[Ca+2]. The first kappa shape index (κ1) is 18.8. The third-order valence-electron chi connectivity index (χ3n) is 3.88. The van der Waals surface area contributed by atoms with Crippen LogP contribution in [0.15, 0.2) is 65.5 Å². The van der Waals surface area contributed by atoms with Gasteiger partial charge in [-0.2, -0.15) is 0 Å². The molecule has 0 spiro atoms. The minimum atomic E-state index is -0.224. The Kier molecular flexibility index (Phi) is 6.72. The van der Waals surface area contributed by atoms with E-state index in [-0.39, 0.29) is 49.2 Å². The van der Waals surface area contributed by atoms with E-state index >= 15 is 0 Å². The van der Waals surface area contributed by atoms with Crippen LogP contribution in [0, 0.1) is 0 Å². The van der Waals surface area contributed by atoms with Crippen molar-refractivity contribution in [2.45, 2.75) is 26.2 Å². The van der Waals surface area contributed by atoms with Gasteiger partial charge in [-0.25, -0.2) is 4.68 Å². The molecule has 1 aromatic heterocycles. The number of unbranched alkanes of at least 4 members (excludes halogenated alkanes) is 1. The first-order valence-corrected chi connectivity index (χ1v) is 7.88. The summed E-state index contributed by atoms with van der Waals surface area (Å²) in [6.45, 7) is 2.05. The fourth-order valence-electron chi connectivity index (χ4n) is 2.70. The van der Waals surface area contributed by atoms with Crippen molar-refractivity contribution in [3.8, 4) is 17.3 Å². The monoisotopic (exact) mass is 347 g/mol. The third-order valence-corrected chi connectivity index (χ3v) is 3.88. The zero-order valence-corrected chi connectivity index (χ0v) is 16.0. The minimum absolute atomic E-state index is 0. The molecule has 0 fully saturated rings. The number of nitrogens with zero attached hydrogens (tertiary/aromatic N) is 2. The summed E-state index contributed by atoms with van der Waals surface area (Å²) < 4.78 is 2.95. The second-order valence-corrected chi connectivity index (χ2v) is 5.49. The van der Waals surface area contributed by atoms with E-state index in [1.807, 2.05) is 67.6 Å². The second kappa shape index (κ2) is 8.56. The second-order valence-electron chi connectivity index (χ2n) is 5.49. The molecule has 1 heterocycles. The van der Waals surface area contributed by atoms with Gasteiger partial charge in [-0.05, 0) is 43.0 Å². The Morgan fingerprint density at radius 1 is 0.875 bits per heavy atom. The van der Waals surface area contributed by atoms with Crippen LogP contribution in [0.2, 0.25) is 0 Å². The molecule has 0 saturated carbocycles. The van der Waals surface area contributed by atoms with Crippen LogP contribution in [-0.4, -0.2) is 47.1 Å². The van der Waals surface area contributed by atoms with Crippen molar-refractivity contribution in [1.82, 2.24) is 9.36 Å². The largest absolute Gasteiger partial charge is 2.00 e. The summed E-state index contributed by atoms with van der Waals surface area (Å²) in [5.74, 6) is -0.224. The smallest absolute Gasteiger partial charge is 0.858 e. The van der Waals surface area contributed by atoms with Crippen LogP contribution in [0.25, 0.3) is 11.4 Å². The van der Waals surface area contributed by atoms with Gasteiger partial charge < -0.3 is 5.11 Å². The number of benzene rings is 2. The molecular formula is C19H19CaN2O2+. The van der Waals surface area contributed by atoms with Gasteiger partial charge >= 0.3 is 37.7 Å². The molecule has 118 valence electrons. The average molecular weight is 347 g/mol. The molecule has 3 aromatic rings. The van der Waals surface area contributed by atoms with Crippen LogP contribution in [0.1, 0.15) is 25.3 Å². The molecule has 24 heavy (non-hydrogen) atoms. The first-order valence-electron chi connectivity index (χ1n) is 7.88. The summed E-state index contributed by atoms with van der Waals surface area (Å²) in [7, 11) is 0. The van der Waals surface area contributed by atoms with E-state index in [4.69, 9.17) is 0 Å². The fraction of sp³-hybridized carbons (Fsp3) is 0.211. The summed E-state index contributed by atoms with van der Waals surface area (Å²) in [4.78, 5) is 12.8. The van der Waals surface area contributed by atoms with Gasteiger partial charge in [-0.3, -0.25) is 9.48 Å². The van der Waals surface area contributed by atoms with Crippen LogP contribution in [0.4, 0.5) is 0 Å². The Labute approximate surface area is 171 Å². The van der Waals surface area contributed by atoms with Crippen LogP contribution < -0.4 is 10.7 Å². The molecule has 3 rings (SSSR count). The Balaban J connectivity index is 0.00000208. The zero-order valence-electron chi connectivity index (χ0n) is 13.8. The third kappa shape index (κ3) is 3.61. The average Bonchev–Trinajstić information content (AvgIpc) is 2.85. The Bertz CT molecular complexity index is 839. The normalized spacial score (nSPS) is 10.4. The molecule has 0 bridgehead atoms. The van der Waals surface area contributed by atoms with Crippen molar-refractivity contribution in [3.63, 3.8) is 0 Å². The topological polar surface area (TPSA) is 50.0 Å². The number of hydrogen-bond donors (Lipinski definition) is 0. The van der Waals surface area contributed by atoms with Gasteiger partial charge in [0.15, 0.2) is 0 Å². The Morgan fingerprint density at radius 2 is 1.38 bits per heavy atom. The Hall–Kier alpha value is -1.49. The number of para-hydroxylation sites is 2. The van der Waals surface area contributed by atoms with Gasteiger partial charge in [-0.15, -0.1) is 0 Å².